The van der Waals surface area contributed by atoms with E-state index in [-0.39, 0.29) is 17.5 Å². The van der Waals surface area contributed by atoms with Crippen molar-refractivity contribution in [3.05, 3.63) is 52.1 Å². The van der Waals surface area contributed by atoms with Crippen LogP contribution in [0.25, 0.3) is 0 Å². The molecule has 146 valence electrons. The first kappa shape index (κ1) is 19.5. The molecule has 0 fully saturated rings. The lowest BCUT2D eigenvalue weighted by molar-refractivity contribution is -0.117. The van der Waals surface area contributed by atoms with Crippen molar-refractivity contribution in [2.75, 3.05) is 6.61 Å². The lowest BCUT2D eigenvalue weighted by Gasteiger charge is -2.37. The molecule has 0 saturated heterocycles. The number of aromatic nitrogens is 2. The molecule has 1 aliphatic rings. The zero-order valence-electron chi connectivity index (χ0n) is 15.1. The summed E-state index contributed by atoms with van der Waals surface area (Å²) in [5, 5.41) is 4.84. The van der Waals surface area contributed by atoms with Gasteiger partial charge in [0.1, 0.15) is 5.82 Å². The molecule has 2 N–H and O–H groups in total. The van der Waals surface area contributed by atoms with Crippen LogP contribution < -0.4 is 5.73 Å². The van der Waals surface area contributed by atoms with Gasteiger partial charge in [-0.25, -0.2) is 9.38 Å². The van der Waals surface area contributed by atoms with Gasteiger partial charge in [0.15, 0.2) is 12.1 Å². The average Bonchev–Trinajstić information content (AvgIpc) is 2.92. The fourth-order valence-corrected chi connectivity index (χ4v) is 3.60. The first-order valence-electron chi connectivity index (χ1n) is 8.37. The Morgan fingerprint density at radius 2 is 2.11 bits per heavy atom. The number of alkyl halides is 2. The predicted molar refractivity (Wildman–Crippen MR) is 96.6 cm³/mol. The molecule has 1 unspecified atom stereocenters. The fraction of sp³-hybridized carbons (Fsp3) is 0.444. The highest BCUT2D eigenvalue weighted by Gasteiger charge is 2.56. The fourth-order valence-electron chi connectivity index (χ4n) is 3.23. The second kappa shape index (κ2) is 6.74. The number of rotatable bonds is 4. The normalized spacial score (nSPS) is 22.9. The lowest BCUT2D eigenvalue weighted by Crippen LogP contribution is -2.51. The number of nitrogens with zero attached hydrogens (tertiary/aromatic N) is 3. The van der Waals surface area contributed by atoms with Crippen LogP contribution in [0.15, 0.2) is 29.4 Å². The molecule has 5 nitrogen and oxygen atoms in total. The van der Waals surface area contributed by atoms with Gasteiger partial charge < -0.3 is 10.5 Å². The zero-order chi connectivity index (χ0) is 20.0. The predicted octanol–water partition coefficient (Wildman–Crippen LogP) is 3.75. The monoisotopic (exact) mass is 400 g/mol. The molecule has 0 bridgehead atoms. The van der Waals surface area contributed by atoms with Crippen molar-refractivity contribution in [3.8, 4) is 0 Å². The molecule has 0 spiro atoms. The molecule has 0 amide bonds. The van der Waals surface area contributed by atoms with Crippen molar-refractivity contribution in [1.29, 1.82) is 0 Å². The van der Waals surface area contributed by atoms with E-state index >= 15 is 0 Å². The highest BCUT2D eigenvalue weighted by molar-refractivity contribution is 6.31. The quantitative estimate of drug-likeness (QED) is 0.849. The summed E-state index contributed by atoms with van der Waals surface area (Å²) in [6.45, 7) is 2.12. The highest BCUT2D eigenvalue weighted by Crippen LogP contribution is 2.44. The molecule has 2 heterocycles. The van der Waals surface area contributed by atoms with Gasteiger partial charge in [-0.2, -0.15) is 13.9 Å². The second-order valence-corrected chi connectivity index (χ2v) is 7.38. The first-order chi connectivity index (χ1) is 12.5. The third-order valence-corrected chi connectivity index (χ3v) is 5.11. The summed E-state index contributed by atoms with van der Waals surface area (Å²) in [7, 11) is 1.76. The van der Waals surface area contributed by atoms with Gasteiger partial charge in [-0.15, -0.1) is 0 Å². The van der Waals surface area contributed by atoms with E-state index in [0.717, 1.165) is 6.92 Å². The minimum Gasteiger partial charge on any atom is -0.459 e. The summed E-state index contributed by atoms with van der Waals surface area (Å²) in [4.78, 5) is 3.74. The van der Waals surface area contributed by atoms with Crippen LogP contribution in [0.4, 0.5) is 13.2 Å². The largest absolute Gasteiger partial charge is 0.459 e. The van der Waals surface area contributed by atoms with Crippen LogP contribution in [-0.4, -0.2) is 28.3 Å². The van der Waals surface area contributed by atoms with Crippen molar-refractivity contribution < 1.29 is 17.9 Å². The molecule has 0 aliphatic carbocycles. The van der Waals surface area contributed by atoms with E-state index in [1.54, 1.807) is 24.0 Å². The molecule has 0 saturated carbocycles. The van der Waals surface area contributed by atoms with Crippen molar-refractivity contribution in [2.45, 2.75) is 37.6 Å². The van der Waals surface area contributed by atoms with Gasteiger partial charge in [0.25, 0.3) is 6.02 Å². The minimum absolute atomic E-state index is 0.0893. The van der Waals surface area contributed by atoms with E-state index in [0.29, 0.717) is 22.7 Å². The number of nitrogens with two attached hydrogens (primary N) is 1. The Labute approximate surface area is 160 Å². The van der Waals surface area contributed by atoms with Crippen LogP contribution >= 0.6 is 11.6 Å². The standard InChI is InChI=1S/C18H20ClF3N4O/c1-10(15-13(19)8-26(3)25-15)6-11-4-5-14(20)12(7-11)17(2)18(21,22)9-27-16(23)24-17/h4-5,7-8,10H,6,9H2,1-3H3,(H2,23,24)/t10?,17-/m1/s1. The number of aliphatic imine (C=N–C) groups is 1. The molecule has 0 radical (unpaired) electrons. The van der Waals surface area contributed by atoms with Gasteiger partial charge in [-0.1, -0.05) is 30.7 Å². The number of hydrogen-bond donors (Lipinski definition) is 1. The maximum atomic E-state index is 14.5. The van der Waals surface area contributed by atoms with Crippen molar-refractivity contribution >= 4 is 17.6 Å². The highest BCUT2D eigenvalue weighted by atomic mass is 35.5. The second-order valence-electron chi connectivity index (χ2n) is 6.97. The first-order valence-corrected chi connectivity index (χ1v) is 8.75. The number of benzene rings is 1. The molecular weight excluding hydrogens is 381 g/mol. The van der Waals surface area contributed by atoms with Gasteiger partial charge in [0, 0.05) is 24.7 Å². The Morgan fingerprint density at radius 1 is 1.41 bits per heavy atom. The van der Waals surface area contributed by atoms with Gasteiger partial charge >= 0.3 is 5.92 Å². The van der Waals surface area contributed by atoms with E-state index in [1.807, 2.05) is 6.92 Å². The Balaban J connectivity index is 1.97. The number of halogens is 4. The molecule has 9 heteroatoms. The van der Waals surface area contributed by atoms with Gasteiger partial charge in [-0.05, 0) is 25.0 Å². The molecule has 27 heavy (non-hydrogen) atoms. The molecule has 2 atom stereocenters. The van der Waals surface area contributed by atoms with E-state index in [1.165, 1.54) is 12.1 Å². The Kier molecular flexibility index (Phi) is 4.88. The molecule has 3 rings (SSSR count). The average molecular weight is 401 g/mol. The SMILES string of the molecule is CC(Cc1ccc(F)c([C@@]2(C)N=C(N)OCC2(F)F)c1)c1nn(C)cc1Cl. The van der Waals surface area contributed by atoms with Crippen LogP contribution in [0, 0.1) is 5.82 Å². The Bertz CT molecular complexity index is 899. The van der Waals surface area contributed by atoms with Crippen molar-refractivity contribution in [1.82, 2.24) is 9.78 Å². The lowest BCUT2D eigenvalue weighted by atomic mass is 9.83. The zero-order valence-corrected chi connectivity index (χ0v) is 15.9. The number of amidine groups is 1. The number of ether oxygens (including phenoxy) is 1. The molecule has 1 aromatic carbocycles. The van der Waals surface area contributed by atoms with Gasteiger partial charge in [0.2, 0.25) is 0 Å². The van der Waals surface area contributed by atoms with Crippen LogP contribution in [0.1, 0.15) is 36.6 Å². The Hall–Kier alpha value is -2.22. The van der Waals surface area contributed by atoms with Crippen molar-refractivity contribution in [3.63, 3.8) is 0 Å². The van der Waals surface area contributed by atoms with Crippen LogP contribution in [-0.2, 0) is 23.7 Å². The molecule has 1 aromatic heterocycles. The summed E-state index contributed by atoms with van der Waals surface area (Å²) >= 11 is 6.17. The summed E-state index contributed by atoms with van der Waals surface area (Å²) in [5.74, 6) is -4.28. The number of hydrogen-bond acceptors (Lipinski definition) is 4. The number of aryl methyl sites for hydroxylation is 1. The van der Waals surface area contributed by atoms with E-state index < -0.39 is 23.9 Å². The van der Waals surface area contributed by atoms with Crippen molar-refractivity contribution in [2.24, 2.45) is 17.8 Å². The van der Waals surface area contributed by atoms with E-state index in [4.69, 9.17) is 17.3 Å². The summed E-state index contributed by atoms with van der Waals surface area (Å²) in [6, 6.07) is 3.74. The van der Waals surface area contributed by atoms with Crippen LogP contribution in [0.5, 0.6) is 0 Å². The summed E-state index contributed by atoms with van der Waals surface area (Å²) in [6.07, 6.45) is 2.13. The minimum atomic E-state index is -3.41. The third kappa shape index (κ3) is 3.50. The molecule has 2 aromatic rings. The smallest absolute Gasteiger partial charge is 0.310 e. The maximum absolute atomic E-state index is 14.5. The maximum Gasteiger partial charge on any atom is 0.310 e. The topological polar surface area (TPSA) is 65.4 Å². The summed E-state index contributed by atoms with van der Waals surface area (Å²) < 4.78 is 49.8. The van der Waals surface area contributed by atoms with Crippen LogP contribution in [0.2, 0.25) is 5.02 Å². The Morgan fingerprint density at radius 3 is 2.74 bits per heavy atom. The van der Waals surface area contributed by atoms with Gasteiger partial charge in [0.05, 0.1) is 10.7 Å². The van der Waals surface area contributed by atoms with Gasteiger partial charge in [-0.3, -0.25) is 4.68 Å². The third-order valence-electron chi connectivity index (χ3n) is 4.82. The van der Waals surface area contributed by atoms with E-state index in [9.17, 15) is 13.2 Å². The van der Waals surface area contributed by atoms with Crippen LogP contribution in [0.3, 0.4) is 0 Å². The van der Waals surface area contributed by atoms with E-state index in [2.05, 4.69) is 14.8 Å². The molecule has 1 aliphatic heterocycles. The summed E-state index contributed by atoms with van der Waals surface area (Å²) in [5.41, 5.74) is 4.46. The molecular formula is C18H20ClF3N4O.